The highest BCUT2D eigenvalue weighted by Crippen LogP contribution is 2.34. The number of nitrogens with one attached hydrogen (secondary N) is 1. The fourth-order valence-electron chi connectivity index (χ4n) is 3.18. The average Bonchev–Trinajstić information content (AvgIpc) is 2.94. The number of rotatable bonds is 8. The molecule has 0 radical (unpaired) electrons. The van der Waals surface area contributed by atoms with Crippen molar-refractivity contribution in [1.29, 1.82) is 0 Å². The summed E-state index contributed by atoms with van der Waals surface area (Å²) in [6.45, 7) is 8.62. The van der Waals surface area contributed by atoms with Crippen LogP contribution in [0.5, 0.6) is 5.88 Å². The third kappa shape index (κ3) is 3.23. The maximum atomic E-state index is 10.4. The van der Waals surface area contributed by atoms with Crippen LogP contribution in [0.2, 0.25) is 0 Å². The normalized spacial score (nSPS) is 14.4. The molecule has 122 valence electrons. The zero-order valence-corrected chi connectivity index (χ0v) is 14.2. The summed E-state index contributed by atoms with van der Waals surface area (Å²) < 4.78 is 0. The van der Waals surface area contributed by atoms with Crippen LogP contribution in [0.15, 0.2) is 0 Å². The number of hydrogen-bond donors (Lipinski definition) is 2. The Morgan fingerprint density at radius 2 is 1.59 bits per heavy atom. The molecule has 2 atom stereocenters. The molecule has 0 spiro atoms. The Morgan fingerprint density at radius 1 is 0.955 bits per heavy atom. The van der Waals surface area contributed by atoms with Crippen LogP contribution in [-0.4, -0.2) is 25.3 Å². The summed E-state index contributed by atoms with van der Waals surface area (Å²) in [6, 6.07) is 0. The van der Waals surface area contributed by atoms with Crippen molar-refractivity contribution in [2.75, 3.05) is 0 Å². The molecule has 2 rings (SSSR count). The predicted molar refractivity (Wildman–Crippen MR) is 89.2 cm³/mol. The fraction of sp³-hybridized carbons (Fsp3) is 0.706. The maximum absolute atomic E-state index is 10.4. The lowest BCUT2D eigenvalue weighted by Gasteiger charge is -2.14. The zero-order valence-electron chi connectivity index (χ0n) is 14.2. The first-order valence-electron chi connectivity index (χ1n) is 8.60. The Kier molecular flexibility index (Phi) is 5.75. The summed E-state index contributed by atoms with van der Waals surface area (Å²) in [7, 11) is 0. The SMILES string of the molecule is CCCC(CC)c1nc(O)c2c(C(CC)CCC)n[nH]c2n1. The van der Waals surface area contributed by atoms with E-state index in [0.29, 0.717) is 22.9 Å². The lowest BCUT2D eigenvalue weighted by atomic mass is 9.95. The maximum Gasteiger partial charge on any atom is 0.225 e. The molecular formula is C17H28N4O. The van der Waals surface area contributed by atoms with Crippen LogP contribution in [0.3, 0.4) is 0 Å². The molecule has 2 N–H and O–H groups in total. The molecule has 0 aromatic carbocycles. The molecule has 2 unspecified atom stereocenters. The molecule has 0 fully saturated rings. The second-order valence-corrected chi connectivity index (χ2v) is 6.03. The number of nitrogens with zero attached hydrogens (tertiary/aromatic N) is 3. The van der Waals surface area contributed by atoms with Crippen molar-refractivity contribution >= 4 is 11.0 Å². The van der Waals surface area contributed by atoms with Gasteiger partial charge in [0.25, 0.3) is 0 Å². The van der Waals surface area contributed by atoms with E-state index in [1.807, 2.05) is 0 Å². The van der Waals surface area contributed by atoms with Crippen LogP contribution < -0.4 is 0 Å². The van der Waals surface area contributed by atoms with Gasteiger partial charge in [0.1, 0.15) is 11.2 Å². The summed E-state index contributed by atoms with van der Waals surface area (Å²) >= 11 is 0. The van der Waals surface area contributed by atoms with Crippen LogP contribution >= 0.6 is 0 Å². The van der Waals surface area contributed by atoms with Gasteiger partial charge >= 0.3 is 0 Å². The number of aromatic amines is 1. The standard InChI is InChI=1S/C17H28N4O/c1-5-9-11(7-3)14-13-16(21-20-14)18-15(19-17(13)22)12(8-4)10-6-2/h11-12H,5-10H2,1-4H3,(H2,18,19,20,21,22). The number of H-pyrrole nitrogens is 1. The van der Waals surface area contributed by atoms with E-state index in [-0.39, 0.29) is 5.88 Å². The molecule has 2 aromatic heterocycles. The smallest absolute Gasteiger partial charge is 0.225 e. The van der Waals surface area contributed by atoms with E-state index in [0.717, 1.165) is 50.0 Å². The van der Waals surface area contributed by atoms with Crippen LogP contribution in [0.25, 0.3) is 11.0 Å². The highest BCUT2D eigenvalue weighted by Gasteiger charge is 2.22. The highest BCUT2D eigenvalue weighted by molar-refractivity contribution is 5.83. The molecule has 0 aliphatic carbocycles. The van der Waals surface area contributed by atoms with Gasteiger partial charge in [0.15, 0.2) is 5.65 Å². The van der Waals surface area contributed by atoms with Gasteiger partial charge in [-0.05, 0) is 25.7 Å². The van der Waals surface area contributed by atoms with Crippen molar-refractivity contribution in [3.63, 3.8) is 0 Å². The second-order valence-electron chi connectivity index (χ2n) is 6.03. The molecule has 2 aromatic rings. The summed E-state index contributed by atoms with van der Waals surface area (Å²) in [4.78, 5) is 9.02. The number of aromatic nitrogens is 4. The number of hydrogen-bond acceptors (Lipinski definition) is 4. The lowest BCUT2D eigenvalue weighted by Crippen LogP contribution is -2.04. The molecule has 0 amide bonds. The summed E-state index contributed by atoms with van der Waals surface area (Å²) in [5.41, 5.74) is 1.58. The van der Waals surface area contributed by atoms with Crippen molar-refractivity contribution < 1.29 is 5.11 Å². The van der Waals surface area contributed by atoms with Crippen molar-refractivity contribution in [3.8, 4) is 5.88 Å². The Bertz CT molecular complexity index is 608. The van der Waals surface area contributed by atoms with Gasteiger partial charge in [-0.3, -0.25) is 5.10 Å². The molecule has 0 saturated carbocycles. The Hall–Kier alpha value is -1.65. The summed E-state index contributed by atoms with van der Waals surface area (Å²) in [5.74, 6) is 1.45. The van der Waals surface area contributed by atoms with Gasteiger partial charge in [-0.15, -0.1) is 0 Å². The summed E-state index contributed by atoms with van der Waals surface area (Å²) in [6.07, 6.45) is 6.26. The molecule has 0 aliphatic heterocycles. The third-order valence-electron chi connectivity index (χ3n) is 4.46. The third-order valence-corrected chi connectivity index (χ3v) is 4.46. The van der Waals surface area contributed by atoms with Gasteiger partial charge in [-0.2, -0.15) is 10.1 Å². The van der Waals surface area contributed by atoms with Gasteiger partial charge in [0.05, 0.1) is 5.69 Å². The van der Waals surface area contributed by atoms with Gasteiger partial charge in [0, 0.05) is 11.8 Å². The zero-order chi connectivity index (χ0) is 16.1. The van der Waals surface area contributed by atoms with Crippen LogP contribution in [-0.2, 0) is 0 Å². The highest BCUT2D eigenvalue weighted by atomic mass is 16.3. The minimum atomic E-state index is 0.0767. The van der Waals surface area contributed by atoms with Crippen LogP contribution in [0.1, 0.15) is 89.6 Å². The second kappa shape index (κ2) is 7.56. The molecule has 5 nitrogen and oxygen atoms in total. The van der Waals surface area contributed by atoms with E-state index < -0.39 is 0 Å². The van der Waals surface area contributed by atoms with E-state index in [1.54, 1.807) is 0 Å². The van der Waals surface area contributed by atoms with Gasteiger partial charge in [-0.25, -0.2) is 4.98 Å². The van der Waals surface area contributed by atoms with Crippen molar-refractivity contribution in [1.82, 2.24) is 20.2 Å². The molecule has 22 heavy (non-hydrogen) atoms. The monoisotopic (exact) mass is 304 g/mol. The first-order valence-corrected chi connectivity index (χ1v) is 8.60. The first kappa shape index (κ1) is 16.7. The molecule has 2 heterocycles. The fourth-order valence-corrected chi connectivity index (χ4v) is 3.18. The van der Waals surface area contributed by atoms with Crippen molar-refractivity contribution in [2.24, 2.45) is 0 Å². The van der Waals surface area contributed by atoms with E-state index in [4.69, 9.17) is 0 Å². The number of aromatic hydroxyl groups is 1. The Morgan fingerprint density at radius 3 is 2.18 bits per heavy atom. The van der Waals surface area contributed by atoms with E-state index in [9.17, 15) is 5.11 Å². The molecular weight excluding hydrogens is 276 g/mol. The topological polar surface area (TPSA) is 74.7 Å². The molecule has 0 bridgehead atoms. The van der Waals surface area contributed by atoms with Crippen LogP contribution in [0.4, 0.5) is 0 Å². The van der Waals surface area contributed by atoms with Gasteiger partial charge in [0.2, 0.25) is 5.88 Å². The number of fused-ring (bicyclic) bond motifs is 1. The first-order chi connectivity index (χ1) is 10.7. The van der Waals surface area contributed by atoms with E-state index >= 15 is 0 Å². The predicted octanol–water partition coefficient (Wildman–Crippen LogP) is 4.65. The van der Waals surface area contributed by atoms with Crippen molar-refractivity contribution in [2.45, 2.75) is 78.1 Å². The quantitative estimate of drug-likeness (QED) is 0.744. The minimum Gasteiger partial charge on any atom is -0.493 e. The molecule has 0 saturated heterocycles. The van der Waals surface area contributed by atoms with Crippen LogP contribution in [0, 0.1) is 0 Å². The molecule has 5 heteroatoms. The molecule has 0 aliphatic rings. The Labute approximate surface area is 132 Å². The average molecular weight is 304 g/mol. The van der Waals surface area contributed by atoms with E-state index in [2.05, 4.69) is 47.9 Å². The van der Waals surface area contributed by atoms with Gasteiger partial charge in [-0.1, -0.05) is 40.5 Å². The minimum absolute atomic E-state index is 0.0767. The Balaban J connectivity index is 2.45. The lowest BCUT2D eigenvalue weighted by molar-refractivity contribution is 0.448. The largest absolute Gasteiger partial charge is 0.493 e. The van der Waals surface area contributed by atoms with Gasteiger partial charge < -0.3 is 5.11 Å². The van der Waals surface area contributed by atoms with Crippen molar-refractivity contribution in [3.05, 3.63) is 11.5 Å². The van der Waals surface area contributed by atoms with E-state index in [1.165, 1.54) is 0 Å². The summed E-state index contributed by atoms with van der Waals surface area (Å²) in [5, 5.41) is 18.6.